The van der Waals surface area contributed by atoms with Gasteiger partial charge in [0.15, 0.2) is 0 Å². The lowest BCUT2D eigenvalue weighted by atomic mass is 10.4. The van der Waals surface area contributed by atoms with E-state index >= 15 is 0 Å². The highest BCUT2D eigenvalue weighted by Gasteiger charge is 2.12. The molecule has 0 amide bonds. The van der Waals surface area contributed by atoms with Crippen LogP contribution in [0, 0.1) is 13.8 Å². The maximum Gasteiger partial charge on any atom is 0.243 e. The van der Waals surface area contributed by atoms with Gasteiger partial charge in [0.05, 0.1) is 24.4 Å². The van der Waals surface area contributed by atoms with Crippen LogP contribution in [-0.2, 0) is 4.74 Å². The Labute approximate surface area is 133 Å². The molecule has 0 aliphatic carbocycles. The minimum atomic E-state index is 0.527. The molecule has 3 heterocycles. The third-order valence-corrected chi connectivity index (χ3v) is 4.35. The monoisotopic (exact) mass is 317 g/mol. The highest BCUT2D eigenvalue weighted by molar-refractivity contribution is 7.17. The molecule has 0 spiro atoms. The fraction of sp³-hybridized carbons (Fsp3) is 0.400. The van der Waals surface area contributed by atoms with E-state index < -0.39 is 0 Å². The molecule has 2 aromatic heterocycles. The van der Waals surface area contributed by atoms with Crippen LogP contribution in [0.5, 0.6) is 0 Å². The van der Waals surface area contributed by atoms with Crippen LogP contribution in [0.4, 0.5) is 10.9 Å². The Hall–Kier alpha value is -1.99. The van der Waals surface area contributed by atoms with Gasteiger partial charge in [-0.2, -0.15) is 5.10 Å². The number of hydrogen-bond acceptors (Lipinski definition) is 7. The van der Waals surface area contributed by atoms with E-state index in [1.54, 1.807) is 17.6 Å². The number of anilines is 2. The lowest BCUT2D eigenvalue weighted by molar-refractivity contribution is 0.123. The first-order chi connectivity index (χ1) is 10.7. The van der Waals surface area contributed by atoms with Gasteiger partial charge in [-0.1, -0.05) is 0 Å². The van der Waals surface area contributed by atoms with Crippen molar-refractivity contribution in [3.8, 4) is 0 Å². The lowest BCUT2D eigenvalue weighted by Gasteiger charge is -2.27. The Morgan fingerprint density at radius 3 is 2.68 bits per heavy atom. The summed E-state index contributed by atoms with van der Waals surface area (Å²) in [5.41, 5.74) is 4.74. The molecule has 2 aromatic rings. The Morgan fingerprint density at radius 1 is 1.23 bits per heavy atom. The minimum Gasteiger partial charge on any atom is -0.378 e. The highest BCUT2D eigenvalue weighted by atomic mass is 32.1. The van der Waals surface area contributed by atoms with Gasteiger partial charge in [-0.15, -0.1) is 11.3 Å². The molecule has 1 aliphatic heterocycles. The standard InChI is InChI=1S/C15H19N5OS/c1-11-9-12(2)18-15(17-11)19-16-10-13-3-4-14(22-13)20-5-7-21-8-6-20/h3-4,9-10H,5-8H2,1-2H3,(H,17,18,19). The van der Waals surface area contributed by atoms with E-state index in [-0.39, 0.29) is 0 Å². The van der Waals surface area contributed by atoms with E-state index in [4.69, 9.17) is 4.74 Å². The third kappa shape index (κ3) is 3.80. The van der Waals surface area contributed by atoms with Gasteiger partial charge in [0.25, 0.3) is 0 Å². The number of hydrogen-bond donors (Lipinski definition) is 1. The first kappa shape index (κ1) is 14.9. The smallest absolute Gasteiger partial charge is 0.243 e. The number of aryl methyl sites for hydroxylation is 2. The molecule has 1 aliphatic rings. The Kier molecular flexibility index (Phi) is 4.65. The molecule has 0 saturated carbocycles. The molecule has 116 valence electrons. The van der Waals surface area contributed by atoms with Crippen molar-refractivity contribution < 1.29 is 4.74 Å². The van der Waals surface area contributed by atoms with Crippen LogP contribution in [-0.4, -0.2) is 42.5 Å². The molecule has 22 heavy (non-hydrogen) atoms. The van der Waals surface area contributed by atoms with Gasteiger partial charge in [-0.3, -0.25) is 0 Å². The van der Waals surface area contributed by atoms with Crippen molar-refractivity contribution in [3.63, 3.8) is 0 Å². The molecule has 1 N–H and O–H groups in total. The Morgan fingerprint density at radius 2 is 1.95 bits per heavy atom. The Bertz CT molecular complexity index is 643. The second kappa shape index (κ2) is 6.85. The second-order valence-electron chi connectivity index (χ2n) is 5.12. The zero-order valence-corrected chi connectivity index (χ0v) is 13.6. The Balaban J connectivity index is 1.61. The molecule has 0 aromatic carbocycles. The maximum atomic E-state index is 5.37. The van der Waals surface area contributed by atoms with Crippen molar-refractivity contribution in [2.24, 2.45) is 5.10 Å². The number of rotatable bonds is 4. The van der Waals surface area contributed by atoms with Crippen molar-refractivity contribution in [2.75, 3.05) is 36.6 Å². The van der Waals surface area contributed by atoms with Crippen LogP contribution in [0.25, 0.3) is 0 Å². The van der Waals surface area contributed by atoms with E-state index in [0.717, 1.165) is 42.6 Å². The number of thiophene rings is 1. The van der Waals surface area contributed by atoms with Gasteiger partial charge in [-0.25, -0.2) is 15.4 Å². The SMILES string of the molecule is Cc1cc(C)nc(NN=Cc2ccc(N3CCOCC3)s2)n1. The third-order valence-electron chi connectivity index (χ3n) is 3.27. The predicted octanol–water partition coefficient (Wildman–Crippen LogP) is 2.44. The molecule has 0 unspecified atom stereocenters. The summed E-state index contributed by atoms with van der Waals surface area (Å²) in [6, 6.07) is 6.14. The average molecular weight is 317 g/mol. The number of hydrazone groups is 1. The summed E-state index contributed by atoms with van der Waals surface area (Å²) in [6.45, 7) is 7.38. The molecule has 0 atom stereocenters. The van der Waals surface area contributed by atoms with Crippen LogP contribution in [0.3, 0.4) is 0 Å². The van der Waals surface area contributed by atoms with Gasteiger partial charge in [0.1, 0.15) is 0 Å². The number of ether oxygens (including phenoxy) is 1. The van der Waals surface area contributed by atoms with Crippen molar-refractivity contribution in [1.29, 1.82) is 0 Å². The van der Waals surface area contributed by atoms with Gasteiger partial charge in [0, 0.05) is 29.4 Å². The van der Waals surface area contributed by atoms with E-state index in [1.165, 1.54) is 5.00 Å². The van der Waals surface area contributed by atoms with E-state index in [9.17, 15) is 0 Å². The first-order valence-corrected chi connectivity index (χ1v) is 8.06. The van der Waals surface area contributed by atoms with Crippen molar-refractivity contribution in [3.05, 3.63) is 34.5 Å². The first-order valence-electron chi connectivity index (χ1n) is 7.24. The van der Waals surface area contributed by atoms with Crippen LogP contribution in [0.2, 0.25) is 0 Å². The summed E-state index contributed by atoms with van der Waals surface area (Å²) in [5.74, 6) is 0.527. The maximum absolute atomic E-state index is 5.37. The molecule has 3 rings (SSSR count). The molecule has 1 saturated heterocycles. The normalized spacial score (nSPS) is 15.5. The number of nitrogens with one attached hydrogen (secondary N) is 1. The summed E-state index contributed by atoms with van der Waals surface area (Å²) in [4.78, 5) is 12.0. The number of nitrogens with zero attached hydrogens (tertiary/aromatic N) is 4. The van der Waals surface area contributed by atoms with Crippen LogP contribution in [0.1, 0.15) is 16.3 Å². The summed E-state index contributed by atoms with van der Waals surface area (Å²) in [6.07, 6.45) is 1.80. The number of morpholine rings is 1. The van der Waals surface area contributed by atoms with Crippen LogP contribution in [0.15, 0.2) is 23.3 Å². The lowest BCUT2D eigenvalue weighted by Crippen LogP contribution is -2.35. The fourth-order valence-corrected chi connectivity index (χ4v) is 3.23. The summed E-state index contributed by atoms with van der Waals surface area (Å²) >= 11 is 1.72. The summed E-state index contributed by atoms with van der Waals surface area (Å²) in [7, 11) is 0. The quantitative estimate of drug-likeness (QED) is 0.693. The molecular weight excluding hydrogens is 298 g/mol. The minimum absolute atomic E-state index is 0.527. The van der Waals surface area contributed by atoms with Crippen LogP contribution >= 0.6 is 11.3 Å². The van der Waals surface area contributed by atoms with Crippen molar-refractivity contribution >= 4 is 28.5 Å². The van der Waals surface area contributed by atoms with Gasteiger partial charge in [0.2, 0.25) is 5.95 Å². The highest BCUT2D eigenvalue weighted by Crippen LogP contribution is 2.25. The largest absolute Gasteiger partial charge is 0.378 e. The molecule has 6 nitrogen and oxygen atoms in total. The van der Waals surface area contributed by atoms with E-state index in [1.807, 2.05) is 19.9 Å². The van der Waals surface area contributed by atoms with Crippen molar-refractivity contribution in [1.82, 2.24) is 9.97 Å². The zero-order chi connectivity index (χ0) is 15.4. The summed E-state index contributed by atoms with van der Waals surface area (Å²) in [5, 5.41) is 5.48. The zero-order valence-electron chi connectivity index (χ0n) is 12.7. The molecule has 0 bridgehead atoms. The van der Waals surface area contributed by atoms with E-state index in [2.05, 4.69) is 37.5 Å². The van der Waals surface area contributed by atoms with Crippen LogP contribution < -0.4 is 10.3 Å². The van der Waals surface area contributed by atoms with Gasteiger partial charge in [-0.05, 0) is 32.0 Å². The second-order valence-corrected chi connectivity index (χ2v) is 6.21. The summed E-state index contributed by atoms with van der Waals surface area (Å²) < 4.78 is 5.37. The van der Waals surface area contributed by atoms with Gasteiger partial charge >= 0.3 is 0 Å². The molecule has 7 heteroatoms. The topological polar surface area (TPSA) is 62.6 Å². The number of aromatic nitrogens is 2. The predicted molar refractivity (Wildman–Crippen MR) is 90.1 cm³/mol. The van der Waals surface area contributed by atoms with Gasteiger partial charge < -0.3 is 9.64 Å². The van der Waals surface area contributed by atoms with E-state index in [0.29, 0.717) is 5.95 Å². The molecule has 1 fully saturated rings. The molecule has 0 radical (unpaired) electrons. The van der Waals surface area contributed by atoms with Crippen molar-refractivity contribution in [2.45, 2.75) is 13.8 Å². The average Bonchev–Trinajstić information content (AvgIpc) is 2.96. The fourth-order valence-electron chi connectivity index (χ4n) is 2.29. The molecular formula is C15H19N5OS.